The molecule has 1 saturated heterocycles. The number of nitrogens with two attached hydrogens (primary N) is 1. The first-order valence-electron chi connectivity index (χ1n) is 7.68. The Labute approximate surface area is 134 Å². The second-order valence-corrected chi connectivity index (χ2v) is 5.86. The molecule has 2 rings (SSSR count). The fourth-order valence-corrected chi connectivity index (χ4v) is 2.70. The molecule has 2 unspecified atom stereocenters. The zero-order valence-corrected chi connectivity index (χ0v) is 13.1. The predicted molar refractivity (Wildman–Crippen MR) is 81.7 cm³/mol. The smallest absolute Gasteiger partial charge is 0.340 e. The second kappa shape index (κ2) is 7.31. The first-order chi connectivity index (χ1) is 10.8. The van der Waals surface area contributed by atoms with Gasteiger partial charge in [-0.3, -0.25) is 9.69 Å². The molecule has 2 atom stereocenters. The minimum absolute atomic E-state index is 0.110. The van der Waals surface area contributed by atoms with Crippen molar-refractivity contribution in [1.82, 2.24) is 9.80 Å². The van der Waals surface area contributed by atoms with Crippen molar-refractivity contribution in [3.63, 3.8) is 0 Å². The molecule has 0 spiro atoms. The molecule has 1 amide bonds. The average Bonchev–Trinajstić information content (AvgIpc) is 2.54. The van der Waals surface area contributed by atoms with E-state index in [-0.39, 0.29) is 25.4 Å². The number of piperazine rings is 1. The monoisotopic (exact) mass is 329 g/mol. The Morgan fingerprint density at radius 3 is 2.26 bits per heavy atom. The number of carbonyl (C=O) groups is 1. The highest BCUT2D eigenvalue weighted by atomic mass is 19.4. The first kappa shape index (κ1) is 17.7. The number of nitrogens with zero attached hydrogens (tertiary/aromatic N) is 2. The van der Waals surface area contributed by atoms with Gasteiger partial charge in [0.1, 0.15) is 6.04 Å². The molecule has 4 nitrogen and oxygen atoms in total. The normalized spacial score (nSPS) is 19.4. The highest BCUT2D eigenvalue weighted by Crippen LogP contribution is 2.25. The summed E-state index contributed by atoms with van der Waals surface area (Å²) in [7, 11) is 0. The van der Waals surface area contributed by atoms with Crippen LogP contribution >= 0.6 is 0 Å². The lowest BCUT2D eigenvalue weighted by atomic mass is 10.0. The lowest BCUT2D eigenvalue weighted by molar-refractivity contribution is -0.183. The number of amides is 1. The molecule has 0 aliphatic carbocycles. The summed E-state index contributed by atoms with van der Waals surface area (Å²) in [6.45, 7) is 2.23. The van der Waals surface area contributed by atoms with Gasteiger partial charge in [-0.1, -0.05) is 30.3 Å². The van der Waals surface area contributed by atoms with E-state index >= 15 is 0 Å². The van der Waals surface area contributed by atoms with Crippen molar-refractivity contribution in [3.05, 3.63) is 35.9 Å². The topological polar surface area (TPSA) is 49.6 Å². The fraction of sp³-hybridized carbons (Fsp3) is 0.562. The highest BCUT2D eigenvalue weighted by molar-refractivity contribution is 5.77. The largest absolute Gasteiger partial charge is 0.403 e. The summed E-state index contributed by atoms with van der Waals surface area (Å²) in [5, 5.41) is 0. The summed E-state index contributed by atoms with van der Waals surface area (Å²) in [6.07, 6.45) is -4.07. The Hall–Kier alpha value is -1.60. The molecule has 0 saturated carbocycles. The predicted octanol–water partition coefficient (Wildman–Crippen LogP) is 2.17. The molecule has 128 valence electrons. The van der Waals surface area contributed by atoms with Crippen molar-refractivity contribution in [3.8, 4) is 0 Å². The Balaban J connectivity index is 1.84. The van der Waals surface area contributed by atoms with Crippen LogP contribution in [0.5, 0.6) is 0 Å². The van der Waals surface area contributed by atoms with Crippen molar-refractivity contribution in [2.75, 3.05) is 26.2 Å². The van der Waals surface area contributed by atoms with Gasteiger partial charge in [0.2, 0.25) is 5.91 Å². The van der Waals surface area contributed by atoms with Crippen LogP contribution in [0.4, 0.5) is 13.2 Å². The number of hydrogen-bond donors (Lipinski definition) is 1. The third-order valence-corrected chi connectivity index (χ3v) is 4.31. The van der Waals surface area contributed by atoms with E-state index in [1.165, 1.54) is 4.90 Å². The molecule has 1 aliphatic rings. The molecule has 7 heteroatoms. The van der Waals surface area contributed by atoms with Crippen LogP contribution in [0, 0.1) is 0 Å². The van der Waals surface area contributed by atoms with Gasteiger partial charge in [0.15, 0.2) is 0 Å². The number of hydrogen-bond acceptors (Lipinski definition) is 3. The van der Waals surface area contributed by atoms with E-state index in [9.17, 15) is 18.0 Å². The SMILES string of the molecule is CC(N1CCN(C(=O)CC(N)c2ccccc2)CC1)C(F)(F)F. The molecule has 2 N–H and O–H groups in total. The zero-order chi connectivity index (χ0) is 17.0. The van der Waals surface area contributed by atoms with Crippen LogP contribution in [0.25, 0.3) is 0 Å². The van der Waals surface area contributed by atoms with E-state index in [2.05, 4.69) is 0 Å². The first-order valence-corrected chi connectivity index (χ1v) is 7.68. The molecule has 1 aromatic carbocycles. The third kappa shape index (κ3) is 4.68. The maximum absolute atomic E-state index is 12.7. The minimum atomic E-state index is -4.23. The van der Waals surface area contributed by atoms with Crippen molar-refractivity contribution >= 4 is 5.91 Å². The van der Waals surface area contributed by atoms with E-state index in [1.807, 2.05) is 30.3 Å². The van der Waals surface area contributed by atoms with E-state index < -0.39 is 18.3 Å². The Morgan fingerprint density at radius 1 is 1.17 bits per heavy atom. The number of carbonyl (C=O) groups excluding carboxylic acids is 1. The van der Waals surface area contributed by atoms with Gasteiger partial charge < -0.3 is 10.6 Å². The summed E-state index contributed by atoms with van der Waals surface area (Å²) in [5.41, 5.74) is 6.91. The van der Waals surface area contributed by atoms with Crippen molar-refractivity contribution in [1.29, 1.82) is 0 Å². The van der Waals surface area contributed by atoms with Crippen LogP contribution < -0.4 is 5.73 Å². The molecule has 1 aromatic rings. The molecular formula is C16H22F3N3O. The van der Waals surface area contributed by atoms with Crippen LogP contribution in [-0.2, 0) is 4.79 Å². The van der Waals surface area contributed by atoms with Gasteiger partial charge in [0.25, 0.3) is 0 Å². The van der Waals surface area contributed by atoms with Crippen LogP contribution in [-0.4, -0.2) is 54.1 Å². The minimum Gasteiger partial charge on any atom is -0.340 e. The maximum Gasteiger partial charge on any atom is 0.403 e. The van der Waals surface area contributed by atoms with Gasteiger partial charge >= 0.3 is 6.18 Å². The molecule has 1 fully saturated rings. The Bertz CT molecular complexity index is 513. The summed E-state index contributed by atoms with van der Waals surface area (Å²) >= 11 is 0. The van der Waals surface area contributed by atoms with E-state index in [1.54, 1.807) is 4.90 Å². The Morgan fingerprint density at radius 2 is 1.74 bits per heavy atom. The quantitative estimate of drug-likeness (QED) is 0.921. The standard InChI is InChI=1S/C16H22F3N3O/c1-12(16(17,18)19)21-7-9-22(10-8-21)15(23)11-14(20)13-5-3-2-4-6-13/h2-6,12,14H,7-11,20H2,1H3. The van der Waals surface area contributed by atoms with Gasteiger partial charge in [-0.2, -0.15) is 13.2 Å². The molecule has 23 heavy (non-hydrogen) atoms. The van der Waals surface area contributed by atoms with Crippen LogP contribution in [0.1, 0.15) is 24.9 Å². The highest BCUT2D eigenvalue weighted by Gasteiger charge is 2.41. The van der Waals surface area contributed by atoms with Gasteiger partial charge in [-0.25, -0.2) is 0 Å². The van der Waals surface area contributed by atoms with Crippen LogP contribution in [0.15, 0.2) is 30.3 Å². The second-order valence-electron chi connectivity index (χ2n) is 5.86. The summed E-state index contributed by atoms with van der Waals surface area (Å²) in [6, 6.07) is 7.44. The zero-order valence-electron chi connectivity index (χ0n) is 13.1. The molecular weight excluding hydrogens is 307 g/mol. The summed E-state index contributed by atoms with van der Waals surface area (Å²) < 4.78 is 38.1. The van der Waals surface area contributed by atoms with E-state index in [0.29, 0.717) is 13.1 Å². The van der Waals surface area contributed by atoms with Gasteiger partial charge in [-0.05, 0) is 12.5 Å². The van der Waals surface area contributed by atoms with Crippen LogP contribution in [0.3, 0.4) is 0 Å². The van der Waals surface area contributed by atoms with Crippen molar-refractivity contribution < 1.29 is 18.0 Å². The van der Waals surface area contributed by atoms with Gasteiger partial charge in [-0.15, -0.1) is 0 Å². The molecule has 0 bridgehead atoms. The Kier molecular flexibility index (Phi) is 5.64. The lowest BCUT2D eigenvalue weighted by Gasteiger charge is -2.38. The molecule has 0 radical (unpaired) electrons. The summed E-state index contributed by atoms with van der Waals surface area (Å²) in [5.74, 6) is -0.110. The van der Waals surface area contributed by atoms with Gasteiger partial charge in [0.05, 0.1) is 0 Å². The molecule has 0 aromatic heterocycles. The average molecular weight is 329 g/mol. The summed E-state index contributed by atoms with van der Waals surface area (Å²) in [4.78, 5) is 15.2. The molecule has 1 aliphatic heterocycles. The number of benzene rings is 1. The van der Waals surface area contributed by atoms with Crippen molar-refractivity contribution in [2.24, 2.45) is 5.73 Å². The van der Waals surface area contributed by atoms with E-state index in [4.69, 9.17) is 5.73 Å². The third-order valence-electron chi connectivity index (χ3n) is 4.31. The number of halogens is 3. The van der Waals surface area contributed by atoms with Crippen molar-refractivity contribution in [2.45, 2.75) is 31.6 Å². The maximum atomic E-state index is 12.7. The fourth-order valence-electron chi connectivity index (χ4n) is 2.70. The number of alkyl halides is 3. The van der Waals surface area contributed by atoms with Gasteiger partial charge in [0, 0.05) is 38.6 Å². The lowest BCUT2D eigenvalue weighted by Crippen LogP contribution is -2.55. The number of rotatable bonds is 4. The molecule has 1 heterocycles. The van der Waals surface area contributed by atoms with Crippen LogP contribution in [0.2, 0.25) is 0 Å². The van der Waals surface area contributed by atoms with E-state index in [0.717, 1.165) is 12.5 Å².